The van der Waals surface area contributed by atoms with Gasteiger partial charge in [-0.05, 0) is 55.7 Å². The van der Waals surface area contributed by atoms with Gasteiger partial charge in [-0.2, -0.15) is 0 Å². The fourth-order valence-corrected chi connectivity index (χ4v) is 5.72. The van der Waals surface area contributed by atoms with Gasteiger partial charge in [0.1, 0.15) is 0 Å². The summed E-state index contributed by atoms with van der Waals surface area (Å²) in [6, 6.07) is 13.4. The van der Waals surface area contributed by atoms with Crippen LogP contribution in [0.2, 0.25) is 0 Å². The maximum Gasteiger partial charge on any atom is 0.322 e. The molecule has 2 atom stereocenters. The van der Waals surface area contributed by atoms with Crippen molar-refractivity contribution in [3.63, 3.8) is 0 Å². The van der Waals surface area contributed by atoms with Gasteiger partial charge in [-0.25, -0.2) is 14.0 Å². The quantitative estimate of drug-likeness (QED) is 0.580. The van der Waals surface area contributed by atoms with Crippen molar-refractivity contribution in [1.82, 2.24) is 15.2 Å². The zero-order chi connectivity index (χ0) is 21.6. The fraction of sp³-hybridized carbons (Fsp3) is 0.364. The lowest BCUT2D eigenvalue weighted by atomic mass is 9.87. The number of nitrogens with one attached hydrogen (secondary N) is 1. The number of aromatic nitrogens is 1. The molecular weight excluding hydrogens is 432 g/mol. The van der Waals surface area contributed by atoms with E-state index in [1.807, 2.05) is 5.51 Å². The van der Waals surface area contributed by atoms with E-state index < -0.39 is 11.1 Å². The maximum absolute atomic E-state index is 12.7. The van der Waals surface area contributed by atoms with Crippen molar-refractivity contribution in [2.45, 2.75) is 36.2 Å². The standard InChI is InChI=1S/C22H24N4O3S2/c1-15(16-5-6-20-19(11-16)23-14-30-20)25-9-7-22(8-10-25)13-26(21(27)24-22)17-3-2-4-18(12-17)31(28)29/h2-6,11-12,14-15H,7-10,13H2,1H3,(H,24,27)(H,28,29). The van der Waals surface area contributed by atoms with Crippen molar-refractivity contribution in [2.75, 3.05) is 24.5 Å². The van der Waals surface area contributed by atoms with Gasteiger partial charge in [-0.15, -0.1) is 11.3 Å². The number of anilines is 1. The lowest BCUT2D eigenvalue weighted by Gasteiger charge is -2.41. The number of benzene rings is 2. The predicted octanol–water partition coefficient (Wildman–Crippen LogP) is 4.00. The van der Waals surface area contributed by atoms with E-state index in [2.05, 4.69) is 40.3 Å². The Bertz CT molecular complexity index is 1160. The van der Waals surface area contributed by atoms with Crippen LogP contribution in [0.3, 0.4) is 0 Å². The maximum atomic E-state index is 12.7. The van der Waals surface area contributed by atoms with E-state index >= 15 is 0 Å². The topological polar surface area (TPSA) is 85.8 Å². The second kappa shape index (κ2) is 7.98. The first-order chi connectivity index (χ1) is 14.9. The number of rotatable bonds is 4. The van der Waals surface area contributed by atoms with Crippen molar-refractivity contribution in [3.05, 3.63) is 53.5 Å². The molecule has 0 bridgehead atoms. The zero-order valence-electron chi connectivity index (χ0n) is 17.2. The Morgan fingerprint density at radius 1 is 1.23 bits per heavy atom. The fourth-order valence-electron chi connectivity index (χ4n) is 4.64. The monoisotopic (exact) mass is 456 g/mol. The number of carbonyl (C=O) groups is 1. The number of urea groups is 1. The second-order valence-corrected chi connectivity index (χ2v) is 10.2. The lowest BCUT2D eigenvalue weighted by Crippen LogP contribution is -2.52. The minimum Gasteiger partial charge on any atom is -0.330 e. The minimum absolute atomic E-state index is 0.142. The number of hydrogen-bond acceptors (Lipinski definition) is 5. The van der Waals surface area contributed by atoms with E-state index in [1.165, 1.54) is 10.3 Å². The summed E-state index contributed by atoms with van der Waals surface area (Å²) in [4.78, 5) is 21.6. The highest BCUT2D eigenvalue weighted by molar-refractivity contribution is 7.79. The molecule has 0 aliphatic carbocycles. The number of thiazole rings is 1. The number of hydrogen-bond donors (Lipinski definition) is 2. The summed E-state index contributed by atoms with van der Waals surface area (Å²) in [5.41, 5.74) is 4.58. The highest BCUT2D eigenvalue weighted by Gasteiger charge is 2.45. The van der Waals surface area contributed by atoms with Crippen LogP contribution in [-0.2, 0) is 11.1 Å². The van der Waals surface area contributed by atoms with Crippen molar-refractivity contribution in [2.24, 2.45) is 0 Å². The minimum atomic E-state index is -2.07. The molecule has 2 amide bonds. The zero-order valence-corrected chi connectivity index (χ0v) is 18.8. The molecule has 3 aromatic rings. The molecule has 2 aliphatic heterocycles. The Hall–Kier alpha value is -2.33. The van der Waals surface area contributed by atoms with Crippen LogP contribution in [0.15, 0.2) is 52.9 Å². The molecule has 0 saturated carbocycles. The largest absolute Gasteiger partial charge is 0.330 e. The summed E-state index contributed by atoms with van der Waals surface area (Å²) in [6.07, 6.45) is 1.73. The number of likely N-dealkylation sites (tertiary alicyclic amines) is 1. The van der Waals surface area contributed by atoms with Gasteiger partial charge in [-0.1, -0.05) is 12.1 Å². The Morgan fingerprint density at radius 2 is 2.03 bits per heavy atom. The van der Waals surface area contributed by atoms with Crippen LogP contribution in [0.5, 0.6) is 0 Å². The average molecular weight is 457 g/mol. The second-order valence-electron chi connectivity index (χ2n) is 8.33. The van der Waals surface area contributed by atoms with Gasteiger partial charge >= 0.3 is 6.03 Å². The summed E-state index contributed by atoms with van der Waals surface area (Å²) in [6.45, 7) is 4.59. The van der Waals surface area contributed by atoms with E-state index in [0.717, 1.165) is 31.4 Å². The van der Waals surface area contributed by atoms with E-state index in [9.17, 15) is 13.6 Å². The first kappa shape index (κ1) is 20.6. The lowest BCUT2D eigenvalue weighted by molar-refractivity contribution is 0.121. The molecule has 0 radical (unpaired) electrons. The van der Waals surface area contributed by atoms with Crippen LogP contribution in [0.4, 0.5) is 10.5 Å². The number of nitrogens with zero attached hydrogens (tertiary/aromatic N) is 3. The van der Waals surface area contributed by atoms with E-state index in [4.69, 9.17) is 0 Å². The van der Waals surface area contributed by atoms with Crippen molar-refractivity contribution < 1.29 is 13.6 Å². The normalized spacial score (nSPS) is 20.8. The van der Waals surface area contributed by atoms with Crippen LogP contribution in [-0.4, -0.2) is 49.8 Å². The molecule has 2 unspecified atom stereocenters. The Balaban J connectivity index is 1.28. The number of piperidine rings is 1. The molecule has 2 saturated heterocycles. The smallest absolute Gasteiger partial charge is 0.322 e. The summed E-state index contributed by atoms with van der Waals surface area (Å²) in [7, 11) is 0. The van der Waals surface area contributed by atoms with Gasteiger partial charge in [0, 0.05) is 24.8 Å². The van der Waals surface area contributed by atoms with Gasteiger partial charge in [0.15, 0.2) is 11.1 Å². The number of fused-ring (bicyclic) bond motifs is 1. The Morgan fingerprint density at radius 3 is 2.81 bits per heavy atom. The van der Waals surface area contributed by atoms with Gasteiger partial charge in [0.05, 0.1) is 32.7 Å². The summed E-state index contributed by atoms with van der Waals surface area (Å²) in [5, 5.41) is 3.20. The van der Waals surface area contributed by atoms with Gasteiger partial charge < -0.3 is 9.87 Å². The van der Waals surface area contributed by atoms with Crippen LogP contribution >= 0.6 is 11.3 Å². The molecule has 2 fully saturated rings. The van der Waals surface area contributed by atoms with E-state index in [0.29, 0.717) is 17.1 Å². The molecule has 1 aromatic heterocycles. The third-order valence-electron chi connectivity index (χ3n) is 6.55. The SMILES string of the molecule is CC(c1ccc2scnc2c1)N1CCC2(CC1)CN(c1cccc(S(=O)O)c1)C(=O)N2. The third-order valence-corrected chi connectivity index (χ3v) is 8.02. The van der Waals surface area contributed by atoms with Crippen molar-refractivity contribution in [3.8, 4) is 0 Å². The van der Waals surface area contributed by atoms with Crippen molar-refractivity contribution >= 4 is 44.4 Å². The predicted molar refractivity (Wildman–Crippen MR) is 123 cm³/mol. The van der Waals surface area contributed by atoms with Gasteiger partial charge in [0.25, 0.3) is 0 Å². The van der Waals surface area contributed by atoms with Gasteiger partial charge in [0.2, 0.25) is 0 Å². The van der Waals surface area contributed by atoms with Crippen LogP contribution in [0.1, 0.15) is 31.4 Å². The molecule has 2 aliphatic rings. The molecule has 2 aromatic carbocycles. The van der Waals surface area contributed by atoms with E-state index in [-0.39, 0.29) is 17.6 Å². The van der Waals surface area contributed by atoms with Crippen LogP contribution in [0, 0.1) is 0 Å². The van der Waals surface area contributed by atoms with Gasteiger partial charge in [-0.3, -0.25) is 9.80 Å². The molecule has 3 heterocycles. The first-order valence-corrected chi connectivity index (χ1v) is 12.3. The molecule has 1 spiro atoms. The van der Waals surface area contributed by atoms with E-state index in [1.54, 1.807) is 40.5 Å². The van der Waals surface area contributed by atoms with Crippen molar-refractivity contribution in [1.29, 1.82) is 0 Å². The molecule has 7 nitrogen and oxygen atoms in total. The number of carbonyl (C=O) groups excluding carboxylic acids is 1. The molecule has 162 valence electrons. The number of amides is 2. The highest BCUT2D eigenvalue weighted by Crippen LogP contribution is 2.35. The molecule has 2 N–H and O–H groups in total. The molecule has 5 rings (SSSR count). The molecular formula is C22H24N4O3S2. The van der Waals surface area contributed by atoms with Crippen LogP contribution in [0.25, 0.3) is 10.2 Å². The molecule has 31 heavy (non-hydrogen) atoms. The summed E-state index contributed by atoms with van der Waals surface area (Å²) >= 11 is -0.411. The highest BCUT2D eigenvalue weighted by atomic mass is 32.2. The van der Waals surface area contributed by atoms with Crippen LogP contribution < -0.4 is 10.2 Å². The third kappa shape index (κ3) is 3.87. The first-order valence-electron chi connectivity index (χ1n) is 10.3. The Labute approximate surface area is 187 Å². The summed E-state index contributed by atoms with van der Waals surface area (Å²) in [5.74, 6) is 0. The summed E-state index contributed by atoms with van der Waals surface area (Å²) < 4.78 is 22.0. The Kier molecular flexibility index (Phi) is 5.29. The molecule has 9 heteroatoms. The average Bonchev–Trinajstić information content (AvgIpc) is 3.37.